The zero-order valence-electron chi connectivity index (χ0n) is 9.92. The van der Waals surface area contributed by atoms with Crippen molar-refractivity contribution in [2.75, 3.05) is 5.73 Å². The van der Waals surface area contributed by atoms with Crippen molar-refractivity contribution in [3.05, 3.63) is 35.4 Å². The van der Waals surface area contributed by atoms with Gasteiger partial charge in [-0.2, -0.15) is 18.3 Å². The lowest BCUT2D eigenvalue weighted by molar-refractivity contribution is -0.137. The van der Waals surface area contributed by atoms with E-state index in [1.165, 1.54) is 10.7 Å². The van der Waals surface area contributed by atoms with Crippen LogP contribution in [0.4, 0.5) is 19.0 Å². The van der Waals surface area contributed by atoms with E-state index in [1.54, 1.807) is 20.0 Å². The van der Waals surface area contributed by atoms with Gasteiger partial charge in [0.05, 0.1) is 11.3 Å². The minimum absolute atomic E-state index is 0.412. The molecule has 2 N–H and O–H groups in total. The number of halogens is 3. The highest BCUT2D eigenvalue weighted by Gasteiger charge is 2.30. The highest BCUT2D eigenvalue weighted by molar-refractivity contribution is 5.68. The lowest BCUT2D eigenvalue weighted by Gasteiger charge is -2.07. The van der Waals surface area contributed by atoms with Crippen LogP contribution < -0.4 is 5.73 Å². The van der Waals surface area contributed by atoms with E-state index < -0.39 is 11.7 Å². The first-order valence-electron chi connectivity index (χ1n) is 5.27. The van der Waals surface area contributed by atoms with E-state index in [0.717, 1.165) is 12.1 Å². The molecule has 0 aliphatic rings. The van der Waals surface area contributed by atoms with E-state index in [1.807, 2.05) is 0 Å². The zero-order valence-corrected chi connectivity index (χ0v) is 9.92. The maximum Gasteiger partial charge on any atom is 0.416 e. The Kier molecular flexibility index (Phi) is 2.80. The minimum Gasteiger partial charge on any atom is -0.384 e. The summed E-state index contributed by atoms with van der Waals surface area (Å²) >= 11 is 0. The van der Waals surface area contributed by atoms with E-state index in [0.29, 0.717) is 22.6 Å². The Balaban J connectivity index is 2.55. The molecule has 0 aliphatic heterocycles. The fraction of sp³-hybridized carbons (Fsp3) is 0.250. The fourth-order valence-electron chi connectivity index (χ4n) is 1.76. The number of rotatable bonds is 1. The Morgan fingerprint density at radius 2 is 1.94 bits per heavy atom. The van der Waals surface area contributed by atoms with Crippen LogP contribution in [-0.2, 0) is 13.2 Å². The Hall–Kier alpha value is -1.98. The lowest BCUT2D eigenvalue weighted by Crippen LogP contribution is -2.04. The maximum absolute atomic E-state index is 12.6. The molecule has 0 bridgehead atoms. The molecule has 0 radical (unpaired) electrons. The maximum atomic E-state index is 12.6. The second-order valence-electron chi connectivity index (χ2n) is 4.06. The SMILES string of the molecule is Cc1c(-c2cccc(C(F)(F)F)c2)nn(C)c1N. The minimum atomic E-state index is -4.36. The summed E-state index contributed by atoms with van der Waals surface area (Å²) in [5, 5.41) is 4.13. The number of nitrogens with zero attached hydrogens (tertiary/aromatic N) is 2. The third-order valence-corrected chi connectivity index (χ3v) is 2.80. The van der Waals surface area contributed by atoms with Gasteiger partial charge in [0.25, 0.3) is 0 Å². The smallest absolute Gasteiger partial charge is 0.384 e. The fourth-order valence-corrected chi connectivity index (χ4v) is 1.76. The van der Waals surface area contributed by atoms with Gasteiger partial charge in [0, 0.05) is 18.2 Å². The molecule has 0 spiro atoms. The molecule has 0 aliphatic carbocycles. The van der Waals surface area contributed by atoms with Crippen molar-refractivity contribution in [1.82, 2.24) is 9.78 Å². The van der Waals surface area contributed by atoms with E-state index in [4.69, 9.17) is 5.73 Å². The molecule has 6 heteroatoms. The average Bonchev–Trinajstić information content (AvgIpc) is 2.56. The van der Waals surface area contributed by atoms with Crippen molar-refractivity contribution >= 4 is 5.82 Å². The molecule has 0 atom stereocenters. The van der Waals surface area contributed by atoms with E-state index in [-0.39, 0.29) is 0 Å². The van der Waals surface area contributed by atoms with E-state index >= 15 is 0 Å². The number of alkyl halides is 3. The van der Waals surface area contributed by atoms with Gasteiger partial charge < -0.3 is 5.73 Å². The number of nitrogens with two attached hydrogens (primary N) is 1. The van der Waals surface area contributed by atoms with Crippen molar-refractivity contribution < 1.29 is 13.2 Å². The Labute approximate surface area is 102 Å². The van der Waals surface area contributed by atoms with Gasteiger partial charge in [-0.3, -0.25) is 4.68 Å². The predicted molar refractivity (Wildman–Crippen MR) is 62.8 cm³/mol. The molecule has 2 rings (SSSR count). The number of aromatic nitrogens is 2. The van der Waals surface area contributed by atoms with Crippen molar-refractivity contribution in [3.8, 4) is 11.3 Å². The topological polar surface area (TPSA) is 43.8 Å². The summed E-state index contributed by atoms with van der Waals surface area (Å²) in [5.74, 6) is 0.447. The third kappa shape index (κ3) is 2.05. The van der Waals surface area contributed by atoms with Crippen LogP contribution in [0.1, 0.15) is 11.1 Å². The molecule has 18 heavy (non-hydrogen) atoms. The second kappa shape index (κ2) is 4.04. The van der Waals surface area contributed by atoms with Crippen LogP contribution in [0.2, 0.25) is 0 Å². The Morgan fingerprint density at radius 1 is 1.28 bits per heavy atom. The van der Waals surface area contributed by atoms with Crippen LogP contribution in [0, 0.1) is 6.92 Å². The molecule has 0 unspecified atom stereocenters. The van der Waals surface area contributed by atoms with Crippen LogP contribution in [0.5, 0.6) is 0 Å². The molecular weight excluding hydrogens is 243 g/mol. The van der Waals surface area contributed by atoms with Gasteiger partial charge in [-0.25, -0.2) is 0 Å². The molecule has 1 heterocycles. The number of nitrogen functional groups attached to an aromatic ring is 1. The molecule has 0 fully saturated rings. The summed E-state index contributed by atoms with van der Waals surface area (Å²) in [7, 11) is 1.65. The van der Waals surface area contributed by atoms with Gasteiger partial charge in [-0.1, -0.05) is 12.1 Å². The zero-order chi connectivity index (χ0) is 13.5. The van der Waals surface area contributed by atoms with Gasteiger partial charge in [-0.05, 0) is 19.1 Å². The Morgan fingerprint density at radius 3 is 2.44 bits per heavy atom. The molecule has 96 valence electrons. The standard InChI is InChI=1S/C12H12F3N3/c1-7-10(17-18(2)11(7)16)8-4-3-5-9(6-8)12(13,14)15/h3-6H,16H2,1-2H3. The first-order chi connectivity index (χ1) is 8.30. The molecular formula is C12H12F3N3. The van der Waals surface area contributed by atoms with Crippen LogP contribution >= 0.6 is 0 Å². The van der Waals surface area contributed by atoms with Crippen LogP contribution in [-0.4, -0.2) is 9.78 Å². The first kappa shape index (κ1) is 12.5. The Bertz CT molecular complexity index is 585. The summed E-state index contributed by atoms with van der Waals surface area (Å²) in [6, 6.07) is 5.06. The van der Waals surface area contributed by atoms with Crippen molar-refractivity contribution in [3.63, 3.8) is 0 Å². The second-order valence-corrected chi connectivity index (χ2v) is 4.06. The third-order valence-electron chi connectivity index (χ3n) is 2.80. The van der Waals surface area contributed by atoms with Crippen molar-refractivity contribution in [2.24, 2.45) is 7.05 Å². The average molecular weight is 255 g/mol. The summed E-state index contributed by atoms with van der Waals surface area (Å²) < 4.78 is 39.3. The molecule has 1 aromatic heterocycles. The monoisotopic (exact) mass is 255 g/mol. The molecule has 1 aromatic carbocycles. The molecule has 0 amide bonds. The normalized spacial score (nSPS) is 11.8. The summed E-state index contributed by atoms with van der Waals surface area (Å²) in [4.78, 5) is 0. The molecule has 3 nitrogen and oxygen atoms in total. The highest BCUT2D eigenvalue weighted by Crippen LogP contribution is 2.33. The van der Waals surface area contributed by atoms with Crippen LogP contribution in [0.25, 0.3) is 11.3 Å². The van der Waals surface area contributed by atoms with Crippen molar-refractivity contribution in [2.45, 2.75) is 13.1 Å². The molecule has 0 saturated heterocycles. The van der Waals surface area contributed by atoms with Crippen LogP contribution in [0.3, 0.4) is 0 Å². The number of aryl methyl sites for hydroxylation is 1. The van der Waals surface area contributed by atoms with E-state index in [2.05, 4.69) is 5.10 Å². The van der Waals surface area contributed by atoms with Gasteiger partial charge in [0.2, 0.25) is 0 Å². The lowest BCUT2D eigenvalue weighted by atomic mass is 10.1. The van der Waals surface area contributed by atoms with Crippen LogP contribution in [0.15, 0.2) is 24.3 Å². The van der Waals surface area contributed by atoms with E-state index in [9.17, 15) is 13.2 Å². The number of benzene rings is 1. The quantitative estimate of drug-likeness (QED) is 0.851. The predicted octanol–water partition coefficient (Wildman–Crippen LogP) is 3.00. The number of hydrogen-bond acceptors (Lipinski definition) is 2. The summed E-state index contributed by atoms with van der Waals surface area (Å²) in [6.07, 6.45) is -4.36. The van der Waals surface area contributed by atoms with Gasteiger partial charge >= 0.3 is 6.18 Å². The van der Waals surface area contributed by atoms with Crippen molar-refractivity contribution in [1.29, 1.82) is 0 Å². The molecule has 2 aromatic rings. The highest BCUT2D eigenvalue weighted by atomic mass is 19.4. The summed E-state index contributed by atoms with van der Waals surface area (Å²) in [6.45, 7) is 1.73. The summed E-state index contributed by atoms with van der Waals surface area (Å²) in [5.41, 5.74) is 6.61. The number of anilines is 1. The number of hydrogen-bond donors (Lipinski definition) is 1. The molecule has 0 saturated carbocycles. The van der Waals surface area contributed by atoms with Gasteiger partial charge in [0.15, 0.2) is 0 Å². The van der Waals surface area contributed by atoms with Gasteiger partial charge in [-0.15, -0.1) is 0 Å². The van der Waals surface area contributed by atoms with Gasteiger partial charge in [0.1, 0.15) is 5.82 Å². The first-order valence-corrected chi connectivity index (χ1v) is 5.27. The largest absolute Gasteiger partial charge is 0.416 e.